The zero-order valence-corrected chi connectivity index (χ0v) is 16.0. The first-order valence-electron chi connectivity index (χ1n) is 9.37. The van der Waals surface area contributed by atoms with E-state index in [4.69, 9.17) is 11.0 Å². The van der Waals surface area contributed by atoms with E-state index in [0.29, 0.717) is 34.0 Å². The molecule has 150 valence electrons. The number of imidazole rings is 1. The Bertz CT molecular complexity index is 1440. The predicted octanol–water partition coefficient (Wildman–Crippen LogP) is 5.04. The summed E-state index contributed by atoms with van der Waals surface area (Å²) in [5.74, 6) is -0.140. The van der Waals surface area contributed by atoms with E-state index < -0.39 is 5.95 Å². The van der Waals surface area contributed by atoms with Gasteiger partial charge < -0.3 is 14.4 Å². The van der Waals surface area contributed by atoms with Gasteiger partial charge in [0.1, 0.15) is 17.1 Å². The second-order valence-electron chi connectivity index (χ2n) is 6.77. The van der Waals surface area contributed by atoms with Gasteiger partial charge in [0.15, 0.2) is 0 Å². The zero-order chi connectivity index (χ0) is 21.4. The quantitative estimate of drug-likeness (QED) is 0.331. The molecule has 0 radical (unpaired) electrons. The molecule has 4 aromatic heterocycles. The molecule has 31 heavy (non-hydrogen) atoms. The van der Waals surface area contributed by atoms with Crippen LogP contribution in [0.15, 0.2) is 71.5 Å². The normalized spacial score (nSPS) is 11.0. The smallest absolute Gasteiger partial charge is 0.295 e. The van der Waals surface area contributed by atoms with E-state index >= 15 is 0 Å². The van der Waals surface area contributed by atoms with Crippen molar-refractivity contribution in [3.63, 3.8) is 0 Å². The Hall–Kier alpha value is -4.51. The highest BCUT2D eigenvalue weighted by Gasteiger charge is 2.26. The first-order chi connectivity index (χ1) is 15.2. The van der Waals surface area contributed by atoms with Crippen molar-refractivity contribution < 1.29 is 13.9 Å². The third-order valence-corrected chi connectivity index (χ3v) is 4.86. The Morgan fingerprint density at radius 3 is 2.58 bits per heavy atom. The molecular weight excluding hydrogens is 397 g/mol. The lowest BCUT2D eigenvalue weighted by molar-refractivity contribution is 0.439. The number of pyridine rings is 1. The van der Waals surface area contributed by atoms with Crippen LogP contribution in [-0.2, 0) is 6.42 Å². The second kappa shape index (κ2) is 7.39. The molecule has 0 saturated carbocycles. The van der Waals surface area contributed by atoms with Crippen LogP contribution < -0.4 is 0 Å². The Balaban J connectivity index is 1.85. The summed E-state index contributed by atoms with van der Waals surface area (Å²) in [6.07, 6.45) is 3.09. The minimum Gasteiger partial charge on any atom is -0.477 e. The lowest BCUT2D eigenvalue weighted by atomic mass is 10.1. The number of benzene rings is 1. The van der Waals surface area contributed by atoms with Crippen molar-refractivity contribution in [1.29, 1.82) is 0 Å². The fourth-order valence-corrected chi connectivity index (χ4v) is 3.47. The Morgan fingerprint density at radius 1 is 1.03 bits per heavy atom. The van der Waals surface area contributed by atoms with Gasteiger partial charge in [0.2, 0.25) is 11.6 Å². The van der Waals surface area contributed by atoms with Crippen LogP contribution in [0, 0.1) is 12.5 Å². The number of fused-ring (bicyclic) bond motifs is 1. The van der Waals surface area contributed by atoms with Crippen molar-refractivity contribution in [2.45, 2.75) is 6.42 Å². The van der Waals surface area contributed by atoms with Crippen LogP contribution in [0.4, 0.5) is 10.2 Å². The molecule has 5 rings (SSSR count). The summed E-state index contributed by atoms with van der Waals surface area (Å²) in [6.45, 7) is 7.76. The van der Waals surface area contributed by atoms with Crippen molar-refractivity contribution >= 4 is 11.5 Å². The SMILES string of the molecule is [C-]#[N+]c1c(-c2ccccc2)nc(-c2ccnc(F)c2)c2nc(Cc3ccco3)c(O)n12. The first-order valence-corrected chi connectivity index (χ1v) is 9.37. The predicted molar refractivity (Wildman–Crippen MR) is 111 cm³/mol. The molecule has 0 aliphatic heterocycles. The standard InChI is InChI=1S/C23H14FN5O2/c1-25-21-19(14-6-3-2-4-7-14)28-20(15-9-10-26-18(24)12-15)22-27-17(23(30)29(21)22)13-16-8-5-11-31-16/h2-12,30H,13H2. The minimum absolute atomic E-state index is 0.107. The van der Waals surface area contributed by atoms with Crippen molar-refractivity contribution in [1.82, 2.24) is 19.4 Å². The molecule has 0 bridgehead atoms. The third-order valence-electron chi connectivity index (χ3n) is 4.86. The summed E-state index contributed by atoms with van der Waals surface area (Å²) in [6, 6.07) is 15.5. The number of halogens is 1. The van der Waals surface area contributed by atoms with Crippen molar-refractivity contribution in [3.05, 3.63) is 95.9 Å². The van der Waals surface area contributed by atoms with E-state index in [9.17, 15) is 9.50 Å². The van der Waals surface area contributed by atoms with Gasteiger partial charge in [-0.15, -0.1) is 0 Å². The van der Waals surface area contributed by atoms with E-state index in [2.05, 4.69) is 19.8 Å². The van der Waals surface area contributed by atoms with Crippen LogP contribution in [0.5, 0.6) is 5.88 Å². The van der Waals surface area contributed by atoms with Gasteiger partial charge in [0.05, 0.1) is 18.4 Å². The van der Waals surface area contributed by atoms with Gasteiger partial charge in [-0.3, -0.25) is 4.98 Å². The Labute approximate surface area is 175 Å². The van der Waals surface area contributed by atoms with Crippen molar-refractivity contribution in [3.8, 4) is 28.4 Å². The van der Waals surface area contributed by atoms with E-state index in [1.165, 1.54) is 22.9 Å². The van der Waals surface area contributed by atoms with Gasteiger partial charge in [-0.1, -0.05) is 36.9 Å². The highest BCUT2D eigenvalue weighted by Crippen LogP contribution is 2.38. The molecule has 0 spiro atoms. The van der Waals surface area contributed by atoms with Crippen LogP contribution in [0.3, 0.4) is 0 Å². The monoisotopic (exact) mass is 411 g/mol. The fourth-order valence-electron chi connectivity index (χ4n) is 3.47. The summed E-state index contributed by atoms with van der Waals surface area (Å²) in [5, 5.41) is 11.0. The summed E-state index contributed by atoms with van der Waals surface area (Å²) in [4.78, 5) is 16.5. The number of aromatic hydroxyl groups is 1. The first kappa shape index (κ1) is 18.5. The van der Waals surface area contributed by atoms with Crippen LogP contribution in [0.25, 0.3) is 33.0 Å². The van der Waals surface area contributed by atoms with Gasteiger partial charge in [-0.05, 0) is 23.8 Å². The van der Waals surface area contributed by atoms with E-state index in [0.717, 1.165) is 0 Å². The molecule has 0 amide bonds. The fraction of sp³-hybridized carbons (Fsp3) is 0.0435. The molecular formula is C23H14FN5O2. The van der Waals surface area contributed by atoms with Crippen molar-refractivity contribution in [2.75, 3.05) is 0 Å². The highest BCUT2D eigenvalue weighted by atomic mass is 19.1. The summed E-state index contributed by atoms with van der Waals surface area (Å²) >= 11 is 0. The van der Waals surface area contributed by atoms with Gasteiger partial charge in [-0.25, -0.2) is 14.4 Å². The van der Waals surface area contributed by atoms with Crippen LogP contribution >= 0.6 is 0 Å². The number of hydrogen-bond donors (Lipinski definition) is 1. The summed E-state index contributed by atoms with van der Waals surface area (Å²) < 4.78 is 20.6. The van der Waals surface area contributed by atoms with Gasteiger partial charge in [0.25, 0.3) is 11.7 Å². The lowest BCUT2D eigenvalue weighted by Gasteiger charge is -2.10. The Kier molecular flexibility index (Phi) is 4.41. The van der Waals surface area contributed by atoms with Gasteiger partial charge in [0, 0.05) is 17.8 Å². The zero-order valence-electron chi connectivity index (χ0n) is 16.0. The molecule has 1 N–H and O–H groups in total. The second-order valence-corrected chi connectivity index (χ2v) is 6.77. The molecule has 8 heteroatoms. The lowest BCUT2D eigenvalue weighted by Crippen LogP contribution is -1.98. The molecule has 0 unspecified atom stereocenters. The summed E-state index contributed by atoms with van der Waals surface area (Å²) in [7, 11) is 0. The number of hydrogen-bond acceptors (Lipinski definition) is 5. The molecule has 0 aliphatic carbocycles. The number of aromatic nitrogens is 4. The van der Waals surface area contributed by atoms with Crippen LogP contribution in [-0.4, -0.2) is 24.5 Å². The summed E-state index contributed by atoms with van der Waals surface area (Å²) in [5.41, 5.74) is 2.37. The van der Waals surface area contributed by atoms with E-state index in [1.807, 2.05) is 30.3 Å². The van der Waals surface area contributed by atoms with Crippen molar-refractivity contribution in [2.24, 2.45) is 0 Å². The average molecular weight is 411 g/mol. The van der Waals surface area contributed by atoms with Crippen LogP contribution in [0.1, 0.15) is 11.5 Å². The maximum absolute atomic E-state index is 13.9. The van der Waals surface area contributed by atoms with Gasteiger partial charge >= 0.3 is 0 Å². The maximum atomic E-state index is 13.9. The molecule has 0 aliphatic rings. The van der Waals surface area contributed by atoms with Gasteiger partial charge in [-0.2, -0.15) is 4.39 Å². The molecule has 0 atom stereocenters. The number of furan rings is 1. The molecule has 1 aromatic carbocycles. The topological polar surface area (TPSA) is 80.8 Å². The highest BCUT2D eigenvalue weighted by molar-refractivity contribution is 5.84. The Morgan fingerprint density at radius 2 is 1.87 bits per heavy atom. The number of nitrogens with zero attached hydrogens (tertiary/aromatic N) is 5. The van der Waals surface area contributed by atoms with Crippen LogP contribution in [0.2, 0.25) is 0 Å². The van der Waals surface area contributed by atoms with E-state index in [-0.39, 0.29) is 23.8 Å². The number of rotatable bonds is 4. The third kappa shape index (κ3) is 3.18. The molecule has 7 nitrogen and oxygen atoms in total. The molecule has 5 aromatic rings. The average Bonchev–Trinajstić information content (AvgIpc) is 3.42. The molecule has 0 saturated heterocycles. The largest absolute Gasteiger partial charge is 0.477 e. The maximum Gasteiger partial charge on any atom is 0.295 e. The van der Waals surface area contributed by atoms with E-state index in [1.54, 1.807) is 18.2 Å². The molecule has 0 fully saturated rings. The molecule has 4 heterocycles. The minimum atomic E-state index is -0.667.